The highest BCUT2D eigenvalue weighted by molar-refractivity contribution is 5.91. The summed E-state index contributed by atoms with van der Waals surface area (Å²) in [6, 6.07) is 16.5. The van der Waals surface area contributed by atoms with Crippen molar-refractivity contribution in [3.63, 3.8) is 0 Å². The largest absolute Gasteiger partial charge is 0.460 e. The number of hydrogen-bond donors (Lipinski definition) is 0. The van der Waals surface area contributed by atoms with Crippen molar-refractivity contribution in [2.45, 2.75) is 0 Å². The second-order valence-corrected chi connectivity index (χ2v) is 4.15. The van der Waals surface area contributed by atoms with Gasteiger partial charge in [0.15, 0.2) is 0 Å². The first-order chi connectivity index (χ1) is 9.34. The van der Waals surface area contributed by atoms with Crippen LogP contribution in [0.25, 0.3) is 12.0 Å². The van der Waals surface area contributed by atoms with Crippen molar-refractivity contribution < 1.29 is 14.3 Å². The Kier molecular flexibility index (Phi) is 3.02. The van der Waals surface area contributed by atoms with Crippen molar-refractivity contribution >= 4 is 18.0 Å². The molecule has 2 aromatic carbocycles. The monoisotopic (exact) mass is 252 g/mol. The quantitative estimate of drug-likeness (QED) is 0.758. The molecule has 0 aliphatic carbocycles. The molecule has 0 unspecified atom stereocenters. The number of carbonyl (C=O) groups is 1. The SMILES string of the molecule is O=C(OC1=c2ccccc2=CCO1)c1ccccc1. The molecule has 0 atom stereocenters. The van der Waals surface area contributed by atoms with Crippen molar-refractivity contribution in [1.29, 1.82) is 0 Å². The molecule has 0 amide bonds. The van der Waals surface area contributed by atoms with Gasteiger partial charge in [-0.2, -0.15) is 0 Å². The topological polar surface area (TPSA) is 35.5 Å². The third-order valence-corrected chi connectivity index (χ3v) is 2.89. The van der Waals surface area contributed by atoms with Crippen LogP contribution in [0.4, 0.5) is 0 Å². The van der Waals surface area contributed by atoms with E-state index in [1.165, 1.54) is 0 Å². The van der Waals surface area contributed by atoms with Crippen LogP contribution in [0.1, 0.15) is 10.4 Å². The summed E-state index contributed by atoms with van der Waals surface area (Å²) in [4.78, 5) is 12.0. The van der Waals surface area contributed by atoms with E-state index in [4.69, 9.17) is 9.47 Å². The fraction of sp³-hybridized carbons (Fsp3) is 0.0625. The van der Waals surface area contributed by atoms with Crippen LogP contribution in [0.15, 0.2) is 54.6 Å². The average Bonchev–Trinajstić information content (AvgIpc) is 2.48. The van der Waals surface area contributed by atoms with Crippen LogP contribution in [-0.2, 0) is 9.47 Å². The highest BCUT2D eigenvalue weighted by atomic mass is 16.7. The van der Waals surface area contributed by atoms with E-state index in [0.717, 1.165) is 10.4 Å². The number of esters is 1. The molecule has 0 fully saturated rings. The molecule has 0 bridgehead atoms. The van der Waals surface area contributed by atoms with Crippen LogP contribution in [0.2, 0.25) is 0 Å². The van der Waals surface area contributed by atoms with E-state index in [-0.39, 0.29) is 5.95 Å². The predicted octanol–water partition coefficient (Wildman–Crippen LogP) is 1.42. The van der Waals surface area contributed by atoms with Gasteiger partial charge in [0.05, 0.1) is 10.8 Å². The lowest BCUT2D eigenvalue weighted by atomic mass is 10.2. The van der Waals surface area contributed by atoms with Gasteiger partial charge in [-0.1, -0.05) is 36.4 Å². The van der Waals surface area contributed by atoms with E-state index in [9.17, 15) is 4.79 Å². The van der Waals surface area contributed by atoms with Crippen LogP contribution in [0, 0.1) is 0 Å². The Labute approximate surface area is 110 Å². The number of ether oxygens (including phenoxy) is 2. The maximum absolute atomic E-state index is 12.0. The minimum Gasteiger partial charge on any atom is -0.460 e. The molecule has 0 N–H and O–H groups in total. The zero-order valence-electron chi connectivity index (χ0n) is 10.2. The van der Waals surface area contributed by atoms with Crippen molar-refractivity contribution in [3.8, 4) is 0 Å². The van der Waals surface area contributed by atoms with Gasteiger partial charge in [0.25, 0.3) is 5.95 Å². The van der Waals surface area contributed by atoms with E-state index >= 15 is 0 Å². The van der Waals surface area contributed by atoms with Crippen LogP contribution < -0.4 is 10.4 Å². The third-order valence-electron chi connectivity index (χ3n) is 2.89. The molecule has 1 aliphatic rings. The van der Waals surface area contributed by atoms with Crippen LogP contribution in [0.5, 0.6) is 0 Å². The summed E-state index contributed by atoms with van der Waals surface area (Å²) in [5, 5.41) is 1.82. The van der Waals surface area contributed by atoms with Crippen molar-refractivity contribution in [2.24, 2.45) is 0 Å². The Morgan fingerprint density at radius 3 is 2.58 bits per heavy atom. The molecule has 0 radical (unpaired) electrons. The van der Waals surface area contributed by atoms with E-state index in [1.54, 1.807) is 24.3 Å². The minimum absolute atomic E-state index is 0.270. The second-order valence-electron chi connectivity index (χ2n) is 4.15. The first-order valence-electron chi connectivity index (χ1n) is 6.04. The Hall–Kier alpha value is -2.55. The summed E-state index contributed by atoms with van der Waals surface area (Å²) in [6.07, 6.45) is 1.95. The smallest absolute Gasteiger partial charge is 0.345 e. The summed E-state index contributed by atoms with van der Waals surface area (Å²) in [5.74, 6) is -0.140. The molecular weight excluding hydrogens is 240 g/mol. The van der Waals surface area contributed by atoms with Gasteiger partial charge < -0.3 is 9.47 Å². The van der Waals surface area contributed by atoms with E-state index in [0.29, 0.717) is 12.2 Å². The van der Waals surface area contributed by atoms with Gasteiger partial charge in [0.1, 0.15) is 6.61 Å². The highest BCUT2D eigenvalue weighted by Gasteiger charge is 2.13. The van der Waals surface area contributed by atoms with Crippen molar-refractivity contribution in [1.82, 2.24) is 0 Å². The van der Waals surface area contributed by atoms with Gasteiger partial charge >= 0.3 is 5.97 Å². The summed E-state index contributed by atoms with van der Waals surface area (Å²) < 4.78 is 10.8. The fourth-order valence-electron chi connectivity index (χ4n) is 1.95. The lowest BCUT2D eigenvalue weighted by molar-refractivity contribution is 0.0560. The molecule has 1 aliphatic heterocycles. The van der Waals surface area contributed by atoms with Crippen molar-refractivity contribution in [2.75, 3.05) is 6.61 Å². The third kappa shape index (κ3) is 2.36. The molecule has 2 aromatic rings. The van der Waals surface area contributed by atoms with E-state index in [1.807, 2.05) is 36.4 Å². The zero-order valence-corrected chi connectivity index (χ0v) is 10.2. The second kappa shape index (κ2) is 4.98. The zero-order chi connectivity index (χ0) is 13.1. The van der Waals surface area contributed by atoms with Gasteiger partial charge in [0, 0.05) is 0 Å². The number of carbonyl (C=O) groups excluding carboxylic acids is 1. The summed E-state index contributed by atoms with van der Waals surface area (Å²) >= 11 is 0. The number of hydrogen-bond acceptors (Lipinski definition) is 3. The molecule has 0 saturated heterocycles. The molecule has 3 heteroatoms. The number of benzene rings is 2. The van der Waals surface area contributed by atoms with E-state index in [2.05, 4.69) is 0 Å². The molecule has 94 valence electrons. The van der Waals surface area contributed by atoms with Gasteiger partial charge in [-0.15, -0.1) is 0 Å². The predicted molar refractivity (Wildman–Crippen MR) is 71.4 cm³/mol. The first-order valence-corrected chi connectivity index (χ1v) is 6.04. The molecule has 19 heavy (non-hydrogen) atoms. The lowest BCUT2D eigenvalue weighted by Gasteiger charge is -2.12. The minimum atomic E-state index is -0.410. The Morgan fingerprint density at radius 1 is 1.00 bits per heavy atom. The molecular formula is C16H12O3. The molecule has 0 aromatic heterocycles. The Balaban J connectivity index is 1.97. The Bertz CT molecular complexity index is 717. The van der Waals surface area contributed by atoms with Gasteiger partial charge in [-0.05, 0) is 29.5 Å². The number of rotatable bonds is 2. The van der Waals surface area contributed by atoms with E-state index < -0.39 is 5.97 Å². The standard InChI is InChI=1S/C16H12O3/c17-15(13-7-2-1-3-8-13)19-16-14-9-5-4-6-12(14)10-11-18-16/h1-10H,11H2. The molecule has 3 nitrogen and oxygen atoms in total. The molecule has 3 rings (SSSR count). The summed E-state index contributed by atoms with van der Waals surface area (Å²) in [5.41, 5.74) is 0.505. The Morgan fingerprint density at radius 2 is 1.74 bits per heavy atom. The maximum Gasteiger partial charge on any atom is 0.345 e. The van der Waals surface area contributed by atoms with Gasteiger partial charge in [-0.3, -0.25) is 0 Å². The molecule has 1 heterocycles. The van der Waals surface area contributed by atoms with Gasteiger partial charge in [0.2, 0.25) is 0 Å². The molecule has 0 spiro atoms. The maximum atomic E-state index is 12.0. The average molecular weight is 252 g/mol. The summed E-state index contributed by atoms with van der Waals surface area (Å²) in [7, 11) is 0. The summed E-state index contributed by atoms with van der Waals surface area (Å²) in [6.45, 7) is 0.411. The van der Waals surface area contributed by atoms with Crippen molar-refractivity contribution in [3.05, 3.63) is 70.6 Å². The fourth-order valence-corrected chi connectivity index (χ4v) is 1.95. The van der Waals surface area contributed by atoms with Crippen LogP contribution in [-0.4, -0.2) is 12.6 Å². The highest BCUT2D eigenvalue weighted by Crippen LogP contribution is 2.08. The normalized spacial score (nSPS) is 12.9. The van der Waals surface area contributed by atoms with Gasteiger partial charge in [-0.25, -0.2) is 4.79 Å². The lowest BCUT2D eigenvalue weighted by Crippen LogP contribution is -2.32. The first kappa shape index (κ1) is 11.5. The number of fused-ring (bicyclic) bond motifs is 1. The van der Waals surface area contributed by atoms with Crippen LogP contribution in [0.3, 0.4) is 0 Å². The molecule has 0 saturated carbocycles. The van der Waals surface area contributed by atoms with Crippen LogP contribution >= 0.6 is 0 Å².